The number of nitrogens with one attached hydrogen (secondary N) is 1. The monoisotopic (exact) mass is 395 g/mol. The summed E-state index contributed by atoms with van der Waals surface area (Å²) in [5.74, 6) is -0.404. The highest BCUT2D eigenvalue weighted by Gasteiger charge is 2.40. The number of anilines is 1. The Kier molecular flexibility index (Phi) is 5.11. The summed E-state index contributed by atoms with van der Waals surface area (Å²) in [6.45, 7) is 0.286. The Bertz CT molecular complexity index is 950. The van der Waals surface area contributed by atoms with Crippen molar-refractivity contribution in [2.24, 2.45) is 0 Å². The fourth-order valence-electron chi connectivity index (χ4n) is 2.73. The number of sulfonamides is 1. The molecular weight excluding hydrogens is 382 g/mol. The normalized spacial score (nSPS) is 18.0. The second-order valence-corrected chi connectivity index (χ2v) is 9.35. The standard InChI is InChI=1S/C16H14ClN3O3S2/c17-14-6-7-15(24-14)25(22,23)20-8-2-5-13(20)16(21)19-12-4-1-3-11(9-12)10-18/h1,3-4,6-7,9,13H,2,5,8H2,(H,19,21)/t13-/m0/s1. The average Bonchev–Trinajstić information content (AvgIpc) is 3.24. The van der Waals surface area contributed by atoms with Crippen molar-refractivity contribution < 1.29 is 13.2 Å². The van der Waals surface area contributed by atoms with Crippen LogP contribution in [0.2, 0.25) is 4.34 Å². The molecule has 130 valence electrons. The smallest absolute Gasteiger partial charge is 0.253 e. The zero-order valence-electron chi connectivity index (χ0n) is 13.0. The van der Waals surface area contributed by atoms with Gasteiger partial charge in [-0.3, -0.25) is 4.79 Å². The number of nitrogens with zero attached hydrogens (tertiary/aromatic N) is 2. The van der Waals surface area contributed by atoms with Crippen molar-refractivity contribution in [3.05, 3.63) is 46.3 Å². The zero-order chi connectivity index (χ0) is 18.0. The molecule has 0 aliphatic carbocycles. The summed E-state index contributed by atoms with van der Waals surface area (Å²) in [5, 5.41) is 11.6. The van der Waals surface area contributed by atoms with E-state index in [9.17, 15) is 13.2 Å². The van der Waals surface area contributed by atoms with Crippen LogP contribution in [0.15, 0.2) is 40.6 Å². The van der Waals surface area contributed by atoms with E-state index in [1.807, 2.05) is 6.07 Å². The van der Waals surface area contributed by atoms with E-state index in [0.717, 1.165) is 11.3 Å². The maximum absolute atomic E-state index is 12.8. The molecule has 0 bridgehead atoms. The number of amides is 1. The Morgan fingerprint density at radius 2 is 2.16 bits per heavy atom. The summed E-state index contributed by atoms with van der Waals surface area (Å²) in [4.78, 5) is 12.6. The van der Waals surface area contributed by atoms with Gasteiger partial charge in [0.05, 0.1) is 16.0 Å². The fraction of sp³-hybridized carbons (Fsp3) is 0.250. The van der Waals surface area contributed by atoms with Crippen LogP contribution in [-0.4, -0.2) is 31.2 Å². The summed E-state index contributed by atoms with van der Waals surface area (Å²) in [6.07, 6.45) is 1.05. The van der Waals surface area contributed by atoms with Gasteiger partial charge in [-0.25, -0.2) is 8.42 Å². The number of hydrogen-bond donors (Lipinski definition) is 1. The zero-order valence-corrected chi connectivity index (χ0v) is 15.4. The van der Waals surface area contributed by atoms with Gasteiger partial charge in [0, 0.05) is 12.2 Å². The molecule has 1 aromatic heterocycles. The summed E-state index contributed by atoms with van der Waals surface area (Å²) in [7, 11) is -3.76. The number of nitriles is 1. The predicted octanol–water partition coefficient (Wildman–Crippen LogP) is 3.06. The molecule has 1 fully saturated rings. The summed E-state index contributed by atoms with van der Waals surface area (Å²) in [6, 6.07) is 10.7. The van der Waals surface area contributed by atoms with Crippen LogP contribution < -0.4 is 5.32 Å². The number of carbonyl (C=O) groups excluding carboxylic acids is 1. The first-order valence-electron chi connectivity index (χ1n) is 7.50. The first kappa shape index (κ1) is 17.9. The lowest BCUT2D eigenvalue weighted by Gasteiger charge is -2.22. The maximum Gasteiger partial charge on any atom is 0.253 e. The van der Waals surface area contributed by atoms with Crippen molar-refractivity contribution in [1.29, 1.82) is 5.26 Å². The molecule has 1 aromatic carbocycles. The van der Waals surface area contributed by atoms with E-state index in [-0.39, 0.29) is 10.8 Å². The van der Waals surface area contributed by atoms with Crippen molar-refractivity contribution in [1.82, 2.24) is 4.31 Å². The van der Waals surface area contributed by atoms with E-state index in [1.54, 1.807) is 24.3 Å². The largest absolute Gasteiger partial charge is 0.325 e. The van der Waals surface area contributed by atoms with Crippen molar-refractivity contribution in [2.45, 2.75) is 23.1 Å². The van der Waals surface area contributed by atoms with Crippen molar-refractivity contribution in [2.75, 3.05) is 11.9 Å². The van der Waals surface area contributed by atoms with Crippen LogP contribution in [0, 0.1) is 11.3 Å². The minimum Gasteiger partial charge on any atom is -0.325 e. The molecule has 25 heavy (non-hydrogen) atoms. The molecule has 0 unspecified atom stereocenters. The van der Waals surface area contributed by atoms with Gasteiger partial charge in [-0.15, -0.1) is 11.3 Å². The lowest BCUT2D eigenvalue weighted by atomic mass is 10.2. The molecule has 1 amide bonds. The summed E-state index contributed by atoms with van der Waals surface area (Å²) in [5.41, 5.74) is 0.884. The second-order valence-electron chi connectivity index (χ2n) is 5.51. The topological polar surface area (TPSA) is 90.3 Å². The molecule has 1 atom stereocenters. The quantitative estimate of drug-likeness (QED) is 0.861. The Labute approximate surface area is 154 Å². The molecule has 2 aromatic rings. The summed E-state index contributed by atoms with van der Waals surface area (Å²) < 4.78 is 27.3. The Morgan fingerprint density at radius 1 is 1.36 bits per heavy atom. The Hall–Kier alpha value is -1.92. The maximum atomic E-state index is 12.8. The molecule has 1 aliphatic heterocycles. The highest BCUT2D eigenvalue weighted by atomic mass is 35.5. The lowest BCUT2D eigenvalue weighted by molar-refractivity contribution is -0.119. The van der Waals surface area contributed by atoms with Crippen LogP contribution >= 0.6 is 22.9 Å². The highest BCUT2D eigenvalue weighted by Crippen LogP contribution is 2.32. The van der Waals surface area contributed by atoms with Crippen LogP contribution in [0.3, 0.4) is 0 Å². The molecule has 1 aliphatic rings. The van der Waals surface area contributed by atoms with Crippen LogP contribution in [0.1, 0.15) is 18.4 Å². The molecule has 0 radical (unpaired) electrons. The van der Waals surface area contributed by atoms with Gasteiger partial charge in [0.25, 0.3) is 10.0 Å². The Balaban J connectivity index is 1.81. The average molecular weight is 396 g/mol. The molecule has 3 rings (SSSR count). The van der Waals surface area contributed by atoms with Gasteiger partial charge in [-0.05, 0) is 43.2 Å². The number of thiophene rings is 1. The van der Waals surface area contributed by atoms with Crippen LogP contribution in [-0.2, 0) is 14.8 Å². The molecule has 2 heterocycles. The predicted molar refractivity (Wildman–Crippen MR) is 96.0 cm³/mol. The SMILES string of the molecule is N#Cc1cccc(NC(=O)[C@@H]2CCCN2S(=O)(=O)c2ccc(Cl)s2)c1. The van der Waals surface area contributed by atoms with Gasteiger partial charge in [0.2, 0.25) is 5.91 Å². The third kappa shape index (κ3) is 3.70. The highest BCUT2D eigenvalue weighted by molar-refractivity contribution is 7.91. The Morgan fingerprint density at radius 3 is 2.84 bits per heavy atom. The minimum absolute atomic E-state index is 0.128. The summed E-state index contributed by atoms with van der Waals surface area (Å²) >= 11 is 6.81. The van der Waals surface area contributed by atoms with Crippen LogP contribution in [0.4, 0.5) is 5.69 Å². The van der Waals surface area contributed by atoms with Gasteiger partial charge in [0.1, 0.15) is 10.3 Å². The number of benzene rings is 1. The van der Waals surface area contributed by atoms with Crippen molar-refractivity contribution >= 4 is 44.6 Å². The van der Waals surface area contributed by atoms with E-state index in [1.165, 1.54) is 16.4 Å². The fourth-order valence-corrected chi connectivity index (χ4v) is 6.00. The minimum atomic E-state index is -3.76. The van der Waals surface area contributed by atoms with Gasteiger partial charge in [-0.2, -0.15) is 9.57 Å². The van der Waals surface area contributed by atoms with E-state index in [4.69, 9.17) is 16.9 Å². The third-order valence-electron chi connectivity index (χ3n) is 3.88. The van der Waals surface area contributed by atoms with Crippen LogP contribution in [0.5, 0.6) is 0 Å². The van der Waals surface area contributed by atoms with E-state index >= 15 is 0 Å². The van der Waals surface area contributed by atoms with Crippen LogP contribution in [0.25, 0.3) is 0 Å². The van der Waals surface area contributed by atoms with Gasteiger partial charge < -0.3 is 5.32 Å². The molecule has 0 saturated carbocycles. The first-order valence-corrected chi connectivity index (χ1v) is 10.1. The van der Waals surface area contributed by atoms with Crippen molar-refractivity contribution in [3.63, 3.8) is 0 Å². The molecule has 0 spiro atoms. The van der Waals surface area contributed by atoms with E-state index < -0.39 is 22.0 Å². The van der Waals surface area contributed by atoms with Crippen molar-refractivity contribution in [3.8, 4) is 6.07 Å². The van der Waals surface area contributed by atoms with Gasteiger partial charge in [0.15, 0.2) is 0 Å². The molecule has 1 N–H and O–H groups in total. The number of halogens is 1. The van der Waals surface area contributed by atoms with Gasteiger partial charge in [-0.1, -0.05) is 17.7 Å². The van der Waals surface area contributed by atoms with E-state index in [2.05, 4.69) is 5.32 Å². The molecule has 9 heteroatoms. The van der Waals surface area contributed by atoms with E-state index in [0.29, 0.717) is 28.4 Å². The second kappa shape index (κ2) is 7.14. The number of hydrogen-bond acceptors (Lipinski definition) is 5. The molecule has 6 nitrogen and oxygen atoms in total. The number of rotatable bonds is 4. The molecular formula is C16H14ClN3O3S2. The van der Waals surface area contributed by atoms with Gasteiger partial charge >= 0.3 is 0 Å². The number of carbonyl (C=O) groups is 1. The molecule has 1 saturated heterocycles. The lowest BCUT2D eigenvalue weighted by Crippen LogP contribution is -2.42. The third-order valence-corrected chi connectivity index (χ3v) is 7.48. The first-order chi connectivity index (χ1) is 11.9.